The van der Waals surface area contributed by atoms with Gasteiger partial charge in [-0.05, 0) is 19.1 Å². The molecule has 0 bridgehead atoms. The zero-order valence-corrected chi connectivity index (χ0v) is 13.3. The highest BCUT2D eigenvalue weighted by molar-refractivity contribution is 5.94. The highest BCUT2D eigenvalue weighted by Crippen LogP contribution is 2.09. The molecule has 0 spiro atoms. The Morgan fingerprint density at radius 1 is 1.29 bits per heavy atom. The number of hydrogen-bond donors (Lipinski definition) is 1. The van der Waals surface area contributed by atoms with Gasteiger partial charge in [0, 0.05) is 32.1 Å². The van der Waals surface area contributed by atoms with E-state index in [-0.39, 0.29) is 31.0 Å². The van der Waals surface area contributed by atoms with Gasteiger partial charge in [0.1, 0.15) is 23.1 Å². The predicted molar refractivity (Wildman–Crippen MR) is 81.0 cm³/mol. The molecule has 0 unspecified atom stereocenters. The minimum absolute atomic E-state index is 0.0384. The summed E-state index contributed by atoms with van der Waals surface area (Å²) in [5.41, 5.74) is 0.357. The van der Waals surface area contributed by atoms with E-state index in [4.69, 9.17) is 4.52 Å². The summed E-state index contributed by atoms with van der Waals surface area (Å²) >= 11 is 0. The molecule has 128 valence electrons. The smallest absolute Gasteiger partial charge is 0.254 e. The molecule has 0 aliphatic heterocycles. The van der Waals surface area contributed by atoms with E-state index in [1.54, 1.807) is 20.0 Å². The van der Waals surface area contributed by atoms with Gasteiger partial charge in [-0.1, -0.05) is 5.16 Å². The molecule has 2 aromatic rings. The molecule has 1 heterocycles. The molecule has 0 saturated heterocycles. The summed E-state index contributed by atoms with van der Waals surface area (Å²) in [4.78, 5) is 25.2. The summed E-state index contributed by atoms with van der Waals surface area (Å²) in [6, 6.07) is 4.41. The molecule has 0 aliphatic rings. The van der Waals surface area contributed by atoms with Gasteiger partial charge in [-0.25, -0.2) is 8.78 Å². The first-order chi connectivity index (χ1) is 11.4. The molecule has 0 fully saturated rings. The quantitative estimate of drug-likeness (QED) is 0.875. The summed E-state index contributed by atoms with van der Waals surface area (Å²) in [5.74, 6) is -1.97. The molecule has 0 saturated carbocycles. The number of benzene rings is 1. The van der Waals surface area contributed by atoms with Gasteiger partial charge in [-0.2, -0.15) is 0 Å². The second-order valence-corrected chi connectivity index (χ2v) is 5.31. The Balaban J connectivity index is 1.80. The standard InChI is InChI=1S/C16H17F2N3O3/c1-10-7-12(20-24-10)9-21(2)15(22)5-6-19-16(23)13-4-3-11(17)8-14(13)18/h3-4,7-8H,5-6,9H2,1-2H3,(H,19,23). The van der Waals surface area contributed by atoms with Crippen molar-refractivity contribution in [3.63, 3.8) is 0 Å². The molecular weight excluding hydrogens is 320 g/mol. The Morgan fingerprint density at radius 2 is 2.04 bits per heavy atom. The first-order valence-corrected chi connectivity index (χ1v) is 7.26. The Labute approximate surface area is 137 Å². The van der Waals surface area contributed by atoms with Crippen molar-refractivity contribution in [2.75, 3.05) is 13.6 Å². The third kappa shape index (κ3) is 4.61. The summed E-state index contributed by atoms with van der Waals surface area (Å²) in [6.07, 6.45) is 0.0435. The largest absolute Gasteiger partial charge is 0.361 e. The van der Waals surface area contributed by atoms with Crippen molar-refractivity contribution < 1.29 is 22.9 Å². The average molecular weight is 337 g/mol. The van der Waals surface area contributed by atoms with Crippen LogP contribution in [0.4, 0.5) is 8.78 Å². The van der Waals surface area contributed by atoms with E-state index in [0.717, 1.165) is 12.1 Å². The van der Waals surface area contributed by atoms with Gasteiger partial charge in [-0.15, -0.1) is 0 Å². The number of halogens is 2. The third-order valence-corrected chi connectivity index (χ3v) is 3.30. The second kappa shape index (κ2) is 7.67. The highest BCUT2D eigenvalue weighted by Gasteiger charge is 2.14. The van der Waals surface area contributed by atoms with Gasteiger partial charge in [0.2, 0.25) is 5.91 Å². The number of aryl methyl sites for hydroxylation is 1. The lowest BCUT2D eigenvalue weighted by Gasteiger charge is -2.15. The maximum atomic E-state index is 13.5. The molecule has 0 atom stereocenters. The van der Waals surface area contributed by atoms with Crippen molar-refractivity contribution in [2.24, 2.45) is 0 Å². The summed E-state index contributed by atoms with van der Waals surface area (Å²) in [6.45, 7) is 2.08. The van der Waals surface area contributed by atoms with Gasteiger partial charge in [-0.3, -0.25) is 9.59 Å². The maximum Gasteiger partial charge on any atom is 0.254 e. The monoisotopic (exact) mass is 337 g/mol. The van der Waals surface area contributed by atoms with Gasteiger partial charge in [0.15, 0.2) is 0 Å². The van der Waals surface area contributed by atoms with E-state index in [9.17, 15) is 18.4 Å². The molecule has 8 heteroatoms. The van der Waals surface area contributed by atoms with Crippen molar-refractivity contribution >= 4 is 11.8 Å². The lowest BCUT2D eigenvalue weighted by Crippen LogP contribution is -2.32. The van der Waals surface area contributed by atoms with Gasteiger partial charge in [0.25, 0.3) is 5.91 Å². The number of carbonyl (C=O) groups excluding carboxylic acids is 2. The van der Waals surface area contributed by atoms with E-state index in [2.05, 4.69) is 10.5 Å². The molecule has 2 rings (SSSR count). The van der Waals surface area contributed by atoms with Crippen molar-refractivity contribution in [2.45, 2.75) is 19.9 Å². The molecule has 6 nitrogen and oxygen atoms in total. The maximum absolute atomic E-state index is 13.5. The molecule has 0 radical (unpaired) electrons. The first-order valence-electron chi connectivity index (χ1n) is 7.26. The fourth-order valence-electron chi connectivity index (χ4n) is 2.07. The molecule has 1 N–H and O–H groups in total. The third-order valence-electron chi connectivity index (χ3n) is 3.30. The lowest BCUT2D eigenvalue weighted by molar-refractivity contribution is -0.130. The Hall–Kier alpha value is -2.77. The molecular formula is C16H17F2N3O3. The molecule has 1 aromatic carbocycles. The highest BCUT2D eigenvalue weighted by atomic mass is 19.1. The van der Waals surface area contributed by atoms with Crippen LogP contribution in [0.2, 0.25) is 0 Å². The summed E-state index contributed by atoms with van der Waals surface area (Å²) < 4.78 is 31.2. The predicted octanol–water partition coefficient (Wildman–Crippen LogP) is 2.04. The zero-order valence-electron chi connectivity index (χ0n) is 13.3. The van der Waals surface area contributed by atoms with Crippen LogP contribution >= 0.6 is 0 Å². The SMILES string of the molecule is Cc1cc(CN(C)C(=O)CCNC(=O)c2ccc(F)cc2F)no1. The Bertz CT molecular complexity index is 746. The van der Waals surface area contributed by atoms with Crippen LogP contribution in [0.25, 0.3) is 0 Å². The number of carbonyl (C=O) groups is 2. The van der Waals surface area contributed by atoms with E-state index < -0.39 is 17.5 Å². The van der Waals surface area contributed by atoms with Crippen LogP contribution in [0.3, 0.4) is 0 Å². The van der Waals surface area contributed by atoms with Crippen LogP contribution in [0.15, 0.2) is 28.8 Å². The zero-order chi connectivity index (χ0) is 17.7. The Kier molecular flexibility index (Phi) is 5.62. The van der Waals surface area contributed by atoms with Crippen molar-refractivity contribution in [3.05, 3.63) is 52.9 Å². The van der Waals surface area contributed by atoms with Crippen LogP contribution < -0.4 is 5.32 Å². The van der Waals surface area contributed by atoms with Crippen molar-refractivity contribution in [3.8, 4) is 0 Å². The second-order valence-electron chi connectivity index (χ2n) is 5.31. The lowest BCUT2D eigenvalue weighted by atomic mass is 10.2. The number of aromatic nitrogens is 1. The first kappa shape index (κ1) is 17.6. The molecule has 24 heavy (non-hydrogen) atoms. The number of hydrogen-bond acceptors (Lipinski definition) is 4. The van der Waals surface area contributed by atoms with Crippen LogP contribution in [0.1, 0.15) is 28.2 Å². The fraction of sp³-hybridized carbons (Fsp3) is 0.312. The molecule has 1 aromatic heterocycles. The van der Waals surface area contributed by atoms with Crippen LogP contribution in [0, 0.1) is 18.6 Å². The van der Waals surface area contributed by atoms with E-state index in [1.165, 1.54) is 4.90 Å². The normalized spacial score (nSPS) is 10.5. The van der Waals surface area contributed by atoms with E-state index in [0.29, 0.717) is 17.5 Å². The van der Waals surface area contributed by atoms with E-state index in [1.807, 2.05) is 0 Å². The van der Waals surface area contributed by atoms with Crippen LogP contribution in [0.5, 0.6) is 0 Å². The average Bonchev–Trinajstić information content (AvgIpc) is 2.91. The van der Waals surface area contributed by atoms with Gasteiger partial charge >= 0.3 is 0 Å². The molecule has 0 aliphatic carbocycles. The number of nitrogens with one attached hydrogen (secondary N) is 1. The molecule has 2 amide bonds. The van der Waals surface area contributed by atoms with Crippen LogP contribution in [-0.2, 0) is 11.3 Å². The Morgan fingerprint density at radius 3 is 2.67 bits per heavy atom. The summed E-state index contributed by atoms with van der Waals surface area (Å²) in [5, 5.41) is 6.22. The summed E-state index contributed by atoms with van der Waals surface area (Å²) in [7, 11) is 1.60. The van der Waals surface area contributed by atoms with E-state index >= 15 is 0 Å². The van der Waals surface area contributed by atoms with Crippen molar-refractivity contribution in [1.82, 2.24) is 15.4 Å². The van der Waals surface area contributed by atoms with Gasteiger partial charge in [0.05, 0.1) is 12.1 Å². The minimum atomic E-state index is -0.947. The topological polar surface area (TPSA) is 75.4 Å². The minimum Gasteiger partial charge on any atom is -0.361 e. The van der Waals surface area contributed by atoms with Crippen molar-refractivity contribution in [1.29, 1.82) is 0 Å². The fourth-order valence-corrected chi connectivity index (χ4v) is 2.07. The van der Waals surface area contributed by atoms with Crippen LogP contribution in [-0.4, -0.2) is 35.5 Å². The number of rotatable bonds is 6. The number of nitrogens with zero attached hydrogens (tertiary/aromatic N) is 2. The van der Waals surface area contributed by atoms with Gasteiger partial charge < -0.3 is 14.7 Å². The number of amides is 2.